The van der Waals surface area contributed by atoms with Gasteiger partial charge in [-0.15, -0.1) is 0 Å². The van der Waals surface area contributed by atoms with Gasteiger partial charge in [0.2, 0.25) is 0 Å². The Kier molecular flexibility index (Phi) is 3.12. The lowest BCUT2D eigenvalue weighted by Crippen LogP contribution is -1.91. The van der Waals surface area contributed by atoms with Gasteiger partial charge in [0.05, 0.1) is 6.61 Å². The van der Waals surface area contributed by atoms with E-state index >= 15 is 0 Å². The summed E-state index contributed by atoms with van der Waals surface area (Å²) in [6.45, 7) is 0.455. The fourth-order valence-electron chi connectivity index (χ4n) is 1.49. The predicted molar refractivity (Wildman–Crippen MR) is 62.1 cm³/mol. The molecule has 0 aliphatic rings. The summed E-state index contributed by atoms with van der Waals surface area (Å²) >= 11 is 5.92. The summed E-state index contributed by atoms with van der Waals surface area (Å²) in [4.78, 5) is 0. The summed E-state index contributed by atoms with van der Waals surface area (Å²) < 4.78 is 10.2. The molecule has 0 aliphatic carbocycles. The number of hydrogen-bond acceptors (Lipinski definition) is 4. The van der Waals surface area contributed by atoms with Crippen molar-refractivity contribution < 1.29 is 9.26 Å². The number of rotatable bonds is 3. The van der Waals surface area contributed by atoms with Crippen LogP contribution < -0.4 is 5.73 Å². The molecular formula is C11H11ClN2O2. The Morgan fingerprint density at radius 3 is 2.88 bits per heavy atom. The average Bonchev–Trinajstić information content (AvgIpc) is 2.65. The van der Waals surface area contributed by atoms with Gasteiger partial charge >= 0.3 is 0 Å². The number of aromatic nitrogens is 1. The minimum absolute atomic E-state index is 0.355. The molecule has 1 heterocycles. The van der Waals surface area contributed by atoms with Gasteiger partial charge in [0.25, 0.3) is 0 Å². The Hall–Kier alpha value is -1.52. The molecule has 0 fully saturated rings. The summed E-state index contributed by atoms with van der Waals surface area (Å²) in [6.07, 6.45) is 0. The van der Waals surface area contributed by atoms with Crippen molar-refractivity contribution in [2.24, 2.45) is 0 Å². The molecule has 0 spiro atoms. The Morgan fingerprint density at radius 1 is 1.44 bits per heavy atom. The Labute approximate surface area is 97.9 Å². The van der Waals surface area contributed by atoms with E-state index in [1.165, 1.54) is 0 Å². The Bertz CT molecular complexity index is 496. The lowest BCUT2D eigenvalue weighted by Gasteiger charge is -2.06. The first kappa shape index (κ1) is 11.0. The fraction of sp³-hybridized carbons (Fsp3) is 0.182. The molecule has 84 valence electrons. The third-order valence-electron chi connectivity index (χ3n) is 2.16. The minimum atomic E-state index is 0.355. The van der Waals surface area contributed by atoms with E-state index in [9.17, 15) is 0 Å². The van der Waals surface area contributed by atoms with E-state index in [2.05, 4.69) is 5.16 Å². The van der Waals surface area contributed by atoms with Crippen molar-refractivity contribution >= 4 is 17.4 Å². The quantitative estimate of drug-likeness (QED) is 0.893. The summed E-state index contributed by atoms with van der Waals surface area (Å²) in [5.74, 6) is 0.967. The molecule has 0 amide bonds. The van der Waals surface area contributed by atoms with Crippen molar-refractivity contribution in [2.45, 2.75) is 6.61 Å². The van der Waals surface area contributed by atoms with Crippen molar-refractivity contribution in [1.82, 2.24) is 5.16 Å². The topological polar surface area (TPSA) is 61.3 Å². The molecule has 16 heavy (non-hydrogen) atoms. The molecule has 4 nitrogen and oxygen atoms in total. The number of nitrogens with zero attached hydrogens (tertiary/aromatic N) is 1. The second-order valence-electron chi connectivity index (χ2n) is 3.35. The number of anilines is 1. The first-order valence-corrected chi connectivity index (χ1v) is 5.08. The summed E-state index contributed by atoms with van der Waals surface area (Å²) in [6, 6.07) is 7.15. The van der Waals surface area contributed by atoms with Crippen LogP contribution in [0.3, 0.4) is 0 Å². The molecule has 2 N–H and O–H groups in total. The SMILES string of the molecule is COCc1cc(Cl)ccc1-c1cc(N)no1. The zero-order chi connectivity index (χ0) is 11.5. The van der Waals surface area contributed by atoms with Crippen molar-refractivity contribution in [3.8, 4) is 11.3 Å². The van der Waals surface area contributed by atoms with Gasteiger partial charge in [-0.05, 0) is 23.8 Å². The van der Waals surface area contributed by atoms with Crippen LogP contribution in [0, 0.1) is 0 Å². The Morgan fingerprint density at radius 2 is 2.25 bits per heavy atom. The highest BCUT2D eigenvalue weighted by atomic mass is 35.5. The van der Waals surface area contributed by atoms with Crippen LogP contribution in [0.5, 0.6) is 0 Å². The highest BCUT2D eigenvalue weighted by Crippen LogP contribution is 2.28. The molecule has 0 bridgehead atoms. The van der Waals surface area contributed by atoms with E-state index in [-0.39, 0.29) is 0 Å². The molecule has 0 aliphatic heterocycles. The van der Waals surface area contributed by atoms with Crippen LogP contribution >= 0.6 is 11.6 Å². The molecule has 2 aromatic rings. The maximum atomic E-state index is 5.92. The standard InChI is InChI=1S/C11H11ClN2O2/c1-15-6-7-4-8(12)2-3-9(7)10-5-11(13)14-16-10/h2-5H,6H2,1H3,(H2,13,14). The summed E-state index contributed by atoms with van der Waals surface area (Å²) in [7, 11) is 1.62. The minimum Gasteiger partial charge on any atom is -0.381 e. The number of methoxy groups -OCH3 is 1. The third-order valence-corrected chi connectivity index (χ3v) is 2.40. The lowest BCUT2D eigenvalue weighted by atomic mass is 10.1. The molecule has 0 atom stereocenters. The van der Waals surface area contributed by atoms with Gasteiger partial charge in [-0.1, -0.05) is 16.8 Å². The van der Waals surface area contributed by atoms with Crippen LogP contribution in [0.4, 0.5) is 5.82 Å². The number of nitrogen functional groups attached to an aromatic ring is 1. The first-order valence-electron chi connectivity index (χ1n) is 4.70. The second-order valence-corrected chi connectivity index (χ2v) is 3.79. The number of hydrogen-bond donors (Lipinski definition) is 1. The molecule has 0 saturated carbocycles. The van der Waals surface area contributed by atoms with Gasteiger partial charge in [0.15, 0.2) is 11.6 Å². The van der Waals surface area contributed by atoms with E-state index < -0.39 is 0 Å². The number of benzene rings is 1. The Balaban J connectivity index is 2.47. The molecule has 5 heteroatoms. The molecule has 0 saturated heterocycles. The summed E-state index contributed by atoms with van der Waals surface area (Å²) in [5.41, 5.74) is 7.33. The van der Waals surface area contributed by atoms with Crippen LogP contribution in [0.25, 0.3) is 11.3 Å². The lowest BCUT2D eigenvalue weighted by molar-refractivity contribution is 0.185. The van der Waals surface area contributed by atoms with E-state index in [4.69, 9.17) is 26.6 Å². The molecule has 0 unspecified atom stereocenters. The van der Waals surface area contributed by atoms with Gasteiger partial charge < -0.3 is 15.0 Å². The van der Waals surface area contributed by atoms with Gasteiger partial charge in [-0.3, -0.25) is 0 Å². The van der Waals surface area contributed by atoms with E-state index in [1.54, 1.807) is 19.2 Å². The predicted octanol–water partition coefficient (Wildman–Crippen LogP) is 2.72. The van der Waals surface area contributed by atoms with Gasteiger partial charge in [-0.25, -0.2) is 0 Å². The van der Waals surface area contributed by atoms with Crippen LogP contribution in [0.1, 0.15) is 5.56 Å². The number of nitrogens with two attached hydrogens (primary N) is 1. The maximum absolute atomic E-state index is 5.92. The molecular weight excluding hydrogens is 228 g/mol. The van der Waals surface area contributed by atoms with E-state index in [1.807, 2.05) is 12.1 Å². The zero-order valence-corrected chi connectivity index (χ0v) is 9.49. The molecule has 2 rings (SSSR count). The second kappa shape index (κ2) is 4.55. The maximum Gasteiger partial charge on any atom is 0.169 e. The smallest absolute Gasteiger partial charge is 0.169 e. The molecule has 0 radical (unpaired) electrons. The number of ether oxygens (including phenoxy) is 1. The normalized spacial score (nSPS) is 10.6. The summed E-state index contributed by atoms with van der Waals surface area (Å²) in [5, 5.41) is 4.30. The van der Waals surface area contributed by atoms with Crippen LogP contribution in [-0.4, -0.2) is 12.3 Å². The number of halogens is 1. The zero-order valence-electron chi connectivity index (χ0n) is 8.74. The third kappa shape index (κ3) is 2.18. The molecule has 1 aromatic carbocycles. The first-order chi connectivity index (χ1) is 7.70. The van der Waals surface area contributed by atoms with E-state index in [0.717, 1.165) is 11.1 Å². The van der Waals surface area contributed by atoms with Gasteiger partial charge in [0.1, 0.15) is 0 Å². The van der Waals surface area contributed by atoms with Crippen molar-refractivity contribution in [2.75, 3.05) is 12.8 Å². The fourth-order valence-corrected chi connectivity index (χ4v) is 1.69. The monoisotopic (exact) mass is 238 g/mol. The van der Waals surface area contributed by atoms with Crippen molar-refractivity contribution in [1.29, 1.82) is 0 Å². The van der Waals surface area contributed by atoms with Crippen LogP contribution in [0.2, 0.25) is 5.02 Å². The highest BCUT2D eigenvalue weighted by Gasteiger charge is 2.10. The highest BCUT2D eigenvalue weighted by molar-refractivity contribution is 6.30. The average molecular weight is 239 g/mol. The van der Waals surface area contributed by atoms with Crippen LogP contribution in [0.15, 0.2) is 28.8 Å². The van der Waals surface area contributed by atoms with Gasteiger partial charge in [0, 0.05) is 23.8 Å². The van der Waals surface area contributed by atoms with Crippen molar-refractivity contribution in [3.05, 3.63) is 34.9 Å². The molecule has 1 aromatic heterocycles. The van der Waals surface area contributed by atoms with E-state index in [0.29, 0.717) is 23.2 Å². The largest absolute Gasteiger partial charge is 0.381 e. The van der Waals surface area contributed by atoms with Gasteiger partial charge in [-0.2, -0.15) is 0 Å². The van der Waals surface area contributed by atoms with Crippen LogP contribution in [-0.2, 0) is 11.3 Å². The van der Waals surface area contributed by atoms with Crippen molar-refractivity contribution in [3.63, 3.8) is 0 Å².